The van der Waals surface area contributed by atoms with Gasteiger partial charge in [0.05, 0.1) is 7.11 Å². The maximum Gasteiger partial charge on any atom is 0.263 e. The van der Waals surface area contributed by atoms with Crippen molar-refractivity contribution in [2.75, 3.05) is 19.0 Å². The van der Waals surface area contributed by atoms with E-state index in [9.17, 15) is 4.79 Å². The van der Waals surface area contributed by atoms with Gasteiger partial charge in [-0.2, -0.15) is 5.10 Å². The van der Waals surface area contributed by atoms with Crippen molar-refractivity contribution in [2.45, 2.75) is 45.4 Å². The minimum Gasteiger partial charge on any atom is -0.493 e. The van der Waals surface area contributed by atoms with Crippen molar-refractivity contribution in [2.24, 2.45) is 5.92 Å². The summed E-state index contributed by atoms with van der Waals surface area (Å²) < 4.78 is 10.8. The molecule has 2 N–H and O–H groups in total. The summed E-state index contributed by atoms with van der Waals surface area (Å²) in [4.78, 5) is 12.1. The van der Waals surface area contributed by atoms with Crippen LogP contribution in [0.25, 0.3) is 0 Å². The second kappa shape index (κ2) is 8.74. The van der Waals surface area contributed by atoms with Gasteiger partial charge in [0.25, 0.3) is 5.91 Å². The molecular formula is C20H27N3O3. The molecular weight excluding hydrogens is 330 g/mol. The average molecular weight is 357 g/mol. The van der Waals surface area contributed by atoms with E-state index in [2.05, 4.69) is 15.5 Å². The first-order valence-corrected chi connectivity index (χ1v) is 9.25. The molecule has 1 aliphatic rings. The summed E-state index contributed by atoms with van der Waals surface area (Å²) in [6.07, 6.45) is 7.57. The van der Waals surface area contributed by atoms with Crippen LogP contribution in [0.3, 0.4) is 0 Å². The normalized spacial score (nSPS) is 14.8. The predicted octanol–water partition coefficient (Wildman–Crippen LogP) is 3.87. The minimum absolute atomic E-state index is 0.0930. The Bertz CT molecular complexity index is 736. The van der Waals surface area contributed by atoms with E-state index < -0.39 is 0 Å². The number of aromatic nitrogens is 2. The van der Waals surface area contributed by atoms with Crippen LogP contribution in [0.2, 0.25) is 0 Å². The second-order valence-electron chi connectivity index (χ2n) is 6.98. The lowest BCUT2D eigenvalue weighted by molar-refractivity contribution is -0.118. The molecule has 1 aromatic heterocycles. The van der Waals surface area contributed by atoms with Crippen molar-refractivity contribution in [3.63, 3.8) is 0 Å². The second-order valence-corrected chi connectivity index (χ2v) is 6.98. The van der Waals surface area contributed by atoms with E-state index in [1.807, 2.05) is 25.1 Å². The number of benzene rings is 1. The van der Waals surface area contributed by atoms with E-state index in [1.165, 1.54) is 32.1 Å². The molecule has 0 spiro atoms. The van der Waals surface area contributed by atoms with Crippen LogP contribution < -0.4 is 14.8 Å². The summed E-state index contributed by atoms with van der Waals surface area (Å²) in [6.45, 7) is 1.88. The van der Waals surface area contributed by atoms with Gasteiger partial charge in [-0.25, -0.2) is 0 Å². The highest BCUT2D eigenvalue weighted by Gasteiger charge is 2.16. The summed E-state index contributed by atoms with van der Waals surface area (Å²) in [6, 6.07) is 7.51. The summed E-state index contributed by atoms with van der Waals surface area (Å²) >= 11 is 0. The zero-order valence-corrected chi connectivity index (χ0v) is 15.5. The van der Waals surface area contributed by atoms with Gasteiger partial charge in [-0.3, -0.25) is 9.89 Å². The fourth-order valence-electron chi connectivity index (χ4n) is 3.45. The topological polar surface area (TPSA) is 76.2 Å². The van der Waals surface area contributed by atoms with Crippen molar-refractivity contribution < 1.29 is 14.3 Å². The van der Waals surface area contributed by atoms with E-state index in [4.69, 9.17) is 9.47 Å². The SMILES string of the molecule is COc1cc(C)ccc1OCC(=O)Nc1cc(CC2CCCCC2)[nH]n1. The molecule has 0 radical (unpaired) electrons. The Labute approximate surface area is 154 Å². The van der Waals surface area contributed by atoms with Crippen LogP contribution in [0.4, 0.5) is 5.82 Å². The van der Waals surface area contributed by atoms with Gasteiger partial charge in [-0.05, 0) is 37.0 Å². The number of rotatable bonds is 7. The number of hydrogen-bond acceptors (Lipinski definition) is 4. The highest BCUT2D eigenvalue weighted by atomic mass is 16.5. The smallest absolute Gasteiger partial charge is 0.263 e. The third-order valence-corrected chi connectivity index (χ3v) is 4.81. The van der Waals surface area contributed by atoms with Crippen LogP contribution in [-0.4, -0.2) is 29.8 Å². The highest BCUT2D eigenvalue weighted by molar-refractivity contribution is 5.91. The van der Waals surface area contributed by atoms with Gasteiger partial charge in [-0.1, -0.05) is 38.2 Å². The number of methoxy groups -OCH3 is 1. The first kappa shape index (κ1) is 18.3. The molecule has 140 valence electrons. The number of carbonyl (C=O) groups excluding carboxylic acids is 1. The van der Waals surface area contributed by atoms with Crippen molar-refractivity contribution in [1.82, 2.24) is 10.2 Å². The molecule has 0 bridgehead atoms. The Balaban J connectivity index is 1.49. The predicted molar refractivity (Wildman–Crippen MR) is 101 cm³/mol. The number of aromatic amines is 1. The Morgan fingerprint density at radius 2 is 2.04 bits per heavy atom. The number of H-pyrrole nitrogens is 1. The molecule has 0 atom stereocenters. The van der Waals surface area contributed by atoms with Crippen LogP contribution in [0.15, 0.2) is 24.3 Å². The fraction of sp³-hybridized carbons (Fsp3) is 0.500. The Morgan fingerprint density at radius 1 is 1.23 bits per heavy atom. The molecule has 6 heteroatoms. The first-order valence-electron chi connectivity index (χ1n) is 9.25. The van der Waals surface area contributed by atoms with Crippen molar-refractivity contribution in [1.29, 1.82) is 0 Å². The highest BCUT2D eigenvalue weighted by Crippen LogP contribution is 2.28. The third kappa shape index (κ3) is 5.00. The number of ether oxygens (including phenoxy) is 2. The van der Waals surface area contributed by atoms with Gasteiger partial charge in [-0.15, -0.1) is 0 Å². The Hall–Kier alpha value is -2.50. The minimum atomic E-state index is -0.247. The molecule has 1 aromatic carbocycles. The molecule has 6 nitrogen and oxygen atoms in total. The average Bonchev–Trinajstić information content (AvgIpc) is 3.08. The van der Waals surface area contributed by atoms with E-state index in [-0.39, 0.29) is 12.5 Å². The number of hydrogen-bond donors (Lipinski definition) is 2. The Kier molecular flexibility index (Phi) is 6.15. The quantitative estimate of drug-likeness (QED) is 0.789. The maximum absolute atomic E-state index is 12.1. The number of nitrogens with one attached hydrogen (secondary N) is 2. The van der Waals surface area contributed by atoms with Crippen LogP contribution in [0, 0.1) is 12.8 Å². The molecule has 1 saturated carbocycles. The van der Waals surface area contributed by atoms with E-state index in [0.717, 1.165) is 23.6 Å². The summed E-state index contributed by atoms with van der Waals surface area (Å²) in [7, 11) is 1.58. The Morgan fingerprint density at radius 3 is 2.81 bits per heavy atom. The largest absolute Gasteiger partial charge is 0.493 e. The molecule has 0 saturated heterocycles. The number of amides is 1. The standard InChI is InChI=1S/C20H27N3O3/c1-14-8-9-17(18(10-14)25-2)26-13-20(24)21-19-12-16(22-23-19)11-15-6-4-3-5-7-15/h8-10,12,15H,3-7,11,13H2,1-2H3,(H2,21,22,23,24). The van der Waals surface area contributed by atoms with Crippen LogP contribution in [0.5, 0.6) is 11.5 Å². The van der Waals surface area contributed by atoms with Gasteiger partial charge in [0.1, 0.15) is 0 Å². The molecule has 1 aliphatic carbocycles. The van der Waals surface area contributed by atoms with Crippen LogP contribution in [-0.2, 0) is 11.2 Å². The van der Waals surface area contributed by atoms with Gasteiger partial charge < -0.3 is 14.8 Å². The molecule has 0 unspecified atom stereocenters. The maximum atomic E-state index is 12.1. The molecule has 2 aromatic rings. The molecule has 1 heterocycles. The van der Waals surface area contributed by atoms with E-state index in [1.54, 1.807) is 13.2 Å². The van der Waals surface area contributed by atoms with E-state index in [0.29, 0.717) is 17.3 Å². The summed E-state index contributed by atoms with van der Waals surface area (Å²) in [5, 5.41) is 9.99. The lowest BCUT2D eigenvalue weighted by atomic mass is 9.86. The lowest BCUT2D eigenvalue weighted by Gasteiger charge is -2.20. The fourth-order valence-corrected chi connectivity index (χ4v) is 3.45. The van der Waals surface area contributed by atoms with Gasteiger partial charge in [0.15, 0.2) is 23.9 Å². The third-order valence-electron chi connectivity index (χ3n) is 4.81. The number of anilines is 1. The number of aryl methyl sites for hydroxylation is 1. The molecule has 1 amide bonds. The molecule has 0 aliphatic heterocycles. The van der Waals surface area contributed by atoms with Crippen LogP contribution >= 0.6 is 0 Å². The van der Waals surface area contributed by atoms with Gasteiger partial charge in [0.2, 0.25) is 0 Å². The summed E-state index contributed by atoms with van der Waals surface area (Å²) in [5.74, 6) is 2.19. The van der Waals surface area contributed by atoms with Crippen molar-refractivity contribution >= 4 is 11.7 Å². The first-order chi connectivity index (χ1) is 12.6. The monoisotopic (exact) mass is 357 g/mol. The number of nitrogens with zero attached hydrogens (tertiary/aromatic N) is 1. The number of carbonyl (C=O) groups is 1. The molecule has 26 heavy (non-hydrogen) atoms. The molecule has 3 rings (SSSR count). The van der Waals surface area contributed by atoms with Crippen molar-refractivity contribution in [3.05, 3.63) is 35.5 Å². The van der Waals surface area contributed by atoms with Crippen molar-refractivity contribution in [3.8, 4) is 11.5 Å². The zero-order valence-electron chi connectivity index (χ0n) is 15.5. The lowest BCUT2D eigenvalue weighted by Crippen LogP contribution is -2.20. The zero-order chi connectivity index (χ0) is 18.4. The summed E-state index contributed by atoms with van der Waals surface area (Å²) in [5.41, 5.74) is 2.15. The van der Waals surface area contributed by atoms with Gasteiger partial charge >= 0.3 is 0 Å². The molecule has 1 fully saturated rings. The van der Waals surface area contributed by atoms with E-state index >= 15 is 0 Å². The van der Waals surface area contributed by atoms with Gasteiger partial charge in [0, 0.05) is 11.8 Å². The van der Waals surface area contributed by atoms with Crippen LogP contribution in [0.1, 0.15) is 43.4 Å².